The Balaban J connectivity index is 1.96. The summed E-state index contributed by atoms with van der Waals surface area (Å²) in [4.78, 5) is 12.3. The van der Waals surface area contributed by atoms with Crippen molar-refractivity contribution in [1.82, 2.24) is 18.9 Å². The first-order chi connectivity index (χ1) is 12.6. The lowest BCUT2D eigenvalue weighted by Gasteiger charge is -2.13. The van der Waals surface area contributed by atoms with Crippen LogP contribution in [0.4, 0.5) is 10.2 Å². The van der Waals surface area contributed by atoms with Gasteiger partial charge in [0.05, 0.1) is 30.1 Å². The highest BCUT2D eigenvalue weighted by Gasteiger charge is 2.18. The van der Waals surface area contributed by atoms with Crippen molar-refractivity contribution in [2.75, 3.05) is 0 Å². The second-order valence-electron chi connectivity index (χ2n) is 6.32. The Morgan fingerprint density at radius 1 is 1.04 bits per heavy atom. The lowest BCUT2D eigenvalue weighted by atomic mass is 10.1. The summed E-state index contributed by atoms with van der Waals surface area (Å²) in [5, 5.41) is 0. The van der Waals surface area contributed by atoms with Crippen LogP contribution < -0.4 is 0 Å². The van der Waals surface area contributed by atoms with E-state index < -0.39 is 0 Å². The summed E-state index contributed by atoms with van der Waals surface area (Å²) in [6.45, 7) is 11.5. The molecule has 0 aliphatic carbocycles. The number of hydrogen-bond acceptors (Lipinski definition) is 2. The van der Waals surface area contributed by atoms with Crippen molar-refractivity contribution in [3.05, 3.63) is 72.4 Å². The second kappa shape index (κ2) is 6.12. The molecule has 26 heavy (non-hydrogen) atoms. The van der Waals surface area contributed by atoms with Crippen LogP contribution in [0.2, 0.25) is 0 Å². The molecule has 0 fully saturated rings. The first kappa shape index (κ1) is 16.0. The topological polar surface area (TPSA) is 39.5 Å². The van der Waals surface area contributed by atoms with Crippen molar-refractivity contribution in [3.63, 3.8) is 0 Å². The maximum Gasteiger partial charge on any atom is 0.254 e. The Hall–Kier alpha value is -3.46. The van der Waals surface area contributed by atoms with Crippen LogP contribution in [0.25, 0.3) is 33.0 Å². The molecule has 3 heterocycles. The van der Waals surface area contributed by atoms with Crippen LogP contribution in [0.1, 0.15) is 19.9 Å². The van der Waals surface area contributed by atoms with Crippen LogP contribution in [0.15, 0.2) is 55.1 Å². The Morgan fingerprint density at radius 3 is 2.46 bits per heavy atom. The molecule has 0 saturated heterocycles. The van der Waals surface area contributed by atoms with E-state index >= 15 is 0 Å². The summed E-state index contributed by atoms with van der Waals surface area (Å²) in [5.41, 5.74) is 4.20. The Kier molecular flexibility index (Phi) is 3.77. The van der Waals surface area contributed by atoms with E-state index in [1.54, 1.807) is 29.1 Å². The molecule has 0 N–H and O–H groups in total. The summed E-state index contributed by atoms with van der Waals surface area (Å²) >= 11 is 0. The van der Waals surface area contributed by atoms with Gasteiger partial charge in [-0.1, -0.05) is 6.57 Å². The number of halogens is 1. The smallest absolute Gasteiger partial charge is 0.254 e. The molecule has 0 spiro atoms. The van der Waals surface area contributed by atoms with Crippen molar-refractivity contribution in [2.45, 2.75) is 19.9 Å². The second-order valence-corrected chi connectivity index (χ2v) is 6.32. The molecule has 0 radical (unpaired) electrons. The van der Waals surface area contributed by atoms with E-state index in [-0.39, 0.29) is 11.9 Å². The molecule has 0 saturated carbocycles. The minimum Gasteiger partial charge on any atom is -0.362 e. The van der Waals surface area contributed by atoms with Gasteiger partial charge in [0.2, 0.25) is 5.65 Å². The van der Waals surface area contributed by atoms with E-state index in [0.29, 0.717) is 5.82 Å². The van der Waals surface area contributed by atoms with Crippen molar-refractivity contribution in [2.24, 2.45) is 0 Å². The predicted octanol–water partition coefficient (Wildman–Crippen LogP) is 5.14. The molecular weight excluding hydrogens is 329 g/mol. The van der Waals surface area contributed by atoms with E-state index in [4.69, 9.17) is 6.57 Å². The molecule has 4 aromatic rings. The van der Waals surface area contributed by atoms with E-state index in [1.807, 2.05) is 18.3 Å². The van der Waals surface area contributed by atoms with Crippen LogP contribution in [0, 0.1) is 12.4 Å². The van der Waals surface area contributed by atoms with Gasteiger partial charge in [0.25, 0.3) is 5.82 Å². The summed E-state index contributed by atoms with van der Waals surface area (Å²) < 4.78 is 17.2. The van der Waals surface area contributed by atoms with Gasteiger partial charge in [-0.25, -0.2) is 18.8 Å². The summed E-state index contributed by atoms with van der Waals surface area (Å²) in [6, 6.07) is 10.4. The molecule has 6 heteroatoms. The fraction of sp³-hybridized carbons (Fsp3) is 0.150. The number of benzene rings is 1. The van der Waals surface area contributed by atoms with E-state index in [1.165, 1.54) is 12.1 Å². The lowest BCUT2D eigenvalue weighted by Crippen LogP contribution is -2.02. The zero-order valence-electron chi connectivity index (χ0n) is 14.4. The Bertz CT molecular complexity index is 1130. The Morgan fingerprint density at radius 2 is 1.77 bits per heavy atom. The monoisotopic (exact) mass is 345 g/mol. The Labute approximate surface area is 150 Å². The first-order valence-corrected chi connectivity index (χ1v) is 8.26. The van der Waals surface area contributed by atoms with Crippen LogP contribution in [0.3, 0.4) is 0 Å². The van der Waals surface area contributed by atoms with Crippen LogP contribution >= 0.6 is 0 Å². The van der Waals surface area contributed by atoms with Crippen LogP contribution in [-0.2, 0) is 0 Å². The number of aromatic nitrogens is 4. The SMILES string of the molecule is [C-]#[N+]c1cnc2ccc(-c3c(-c4ccc(F)cc4)ncn3C(C)C)cn12. The fourth-order valence-corrected chi connectivity index (χ4v) is 3.05. The third kappa shape index (κ3) is 2.54. The molecule has 0 aliphatic heterocycles. The standard InChI is InChI=1S/C20H16FN5/c1-13(2)26-12-24-19(14-4-7-16(21)8-5-14)20(26)15-6-9-17-23-10-18(22-3)25(17)11-15/h4-13H,1-2H3. The normalized spacial score (nSPS) is 11.2. The third-order valence-electron chi connectivity index (χ3n) is 4.34. The van der Waals surface area contributed by atoms with E-state index in [0.717, 1.165) is 28.2 Å². The summed E-state index contributed by atoms with van der Waals surface area (Å²) in [5.74, 6) is 0.181. The molecule has 1 aromatic carbocycles. The third-order valence-corrected chi connectivity index (χ3v) is 4.34. The van der Waals surface area contributed by atoms with Gasteiger partial charge in [0, 0.05) is 23.2 Å². The number of pyridine rings is 1. The number of rotatable bonds is 3. The molecule has 0 amide bonds. The highest BCUT2D eigenvalue weighted by Crippen LogP contribution is 2.34. The molecule has 4 rings (SSSR count). The van der Waals surface area contributed by atoms with Crippen molar-refractivity contribution >= 4 is 11.5 Å². The highest BCUT2D eigenvalue weighted by molar-refractivity contribution is 5.79. The molecular formula is C20H16FN5. The number of fused-ring (bicyclic) bond motifs is 1. The molecule has 0 unspecified atom stereocenters. The fourth-order valence-electron chi connectivity index (χ4n) is 3.05. The number of hydrogen-bond donors (Lipinski definition) is 0. The predicted molar refractivity (Wildman–Crippen MR) is 98.5 cm³/mol. The summed E-state index contributed by atoms with van der Waals surface area (Å²) in [7, 11) is 0. The van der Waals surface area contributed by atoms with Crippen LogP contribution in [0.5, 0.6) is 0 Å². The van der Waals surface area contributed by atoms with Gasteiger partial charge in [0.15, 0.2) is 0 Å². The van der Waals surface area contributed by atoms with Gasteiger partial charge in [-0.2, -0.15) is 0 Å². The van der Waals surface area contributed by atoms with Gasteiger partial charge in [-0.05, 0) is 44.2 Å². The molecule has 0 aliphatic rings. The van der Waals surface area contributed by atoms with E-state index in [9.17, 15) is 4.39 Å². The van der Waals surface area contributed by atoms with E-state index in [2.05, 4.69) is 33.2 Å². The molecule has 0 atom stereocenters. The maximum absolute atomic E-state index is 13.3. The highest BCUT2D eigenvalue weighted by atomic mass is 19.1. The van der Waals surface area contributed by atoms with Crippen molar-refractivity contribution < 1.29 is 4.39 Å². The average Bonchev–Trinajstić information content (AvgIpc) is 3.25. The van der Waals surface area contributed by atoms with Crippen LogP contribution in [-0.4, -0.2) is 18.9 Å². The molecule has 3 aromatic heterocycles. The molecule has 0 bridgehead atoms. The summed E-state index contributed by atoms with van der Waals surface area (Å²) in [6.07, 6.45) is 5.26. The largest absolute Gasteiger partial charge is 0.362 e. The lowest BCUT2D eigenvalue weighted by molar-refractivity contribution is 0.605. The quantitative estimate of drug-likeness (QED) is 0.483. The minimum absolute atomic E-state index is 0.200. The molecule has 5 nitrogen and oxygen atoms in total. The maximum atomic E-state index is 13.3. The minimum atomic E-state index is -0.278. The average molecular weight is 345 g/mol. The van der Waals surface area contributed by atoms with Gasteiger partial charge in [-0.3, -0.25) is 0 Å². The zero-order chi connectivity index (χ0) is 18.3. The van der Waals surface area contributed by atoms with Gasteiger partial charge in [0.1, 0.15) is 5.82 Å². The molecule has 128 valence electrons. The first-order valence-electron chi connectivity index (χ1n) is 8.26. The zero-order valence-corrected chi connectivity index (χ0v) is 14.4. The number of nitrogens with zero attached hydrogens (tertiary/aromatic N) is 5. The van der Waals surface area contributed by atoms with Gasteiger partial charge in [-0.15, -0.1) is 0 Å². The van der Waals surface area contributed by atoms with Gasteiger partial charge >= 0.3 is 0 Å². The number of imidazole rings is 2. The van der Waals surface area contributed by atoms with Crippen molar-refractivity contribution in [3.8, 4) is 22.5 Å². The van der Waals surface area contributed by atoms with Crippen molar-refractivity contribution in [1.29, 1.82) is 0 Å². The van der Waals surface area contributed by atoms with Gasteiger partial charge < -0.3 is 9.41 Å².